The van der Waals surface area contributed by atoms with E-state index in [-0.39, 0.29) is 12.0 Å². The molecule has 0 atom stereocenters. The fourth-order valence-corrected chi connectivity index (χ4v) is 3.35. The molecule has 2 aliphatic rings. The summed E-state index contributed by atoms with van der Waals surface area (Å²) in [7, 11) is 0. The summed E-state index contributed by atoms with van der Waals surface area (Å²) < 4.78 is 4.99. The number of rotatable bonds is 3. The lowest BCUT2D eigenvalue weighted by atomic mass is 9.76. The number of primary amides is 1. The summed E-state index contributed by atoms with van der Waals surface area (Å²) in [5.41, 5.74) is 5.01. The minimum absolute atomic E-state index is 0.0714. The Bertz CT molecular complexity index is 302. The van der Waals surface area contributed by atoms with Crippen molar-refractivity contribution in [1.29, 1.82) is 0 Å². The summed E-state index contributed by atoms with van der Waals surface area (Å²) in [6.07, 6.45) is 8.36. The smallest absolute Gasteiger partial charge is 0.404 e. The van der Waals surface area contributed by atoms with Crippen molar-refractivity contribution >= 4 is 11.9 Å². The molecule has 0 unspecified atom stereocenters. The molecule has 0 saturated heterocycles. The summed E-state index contributed by atoms with van der Waals surface area (Å²) in [5.74, 6) is 0.963. The molecule has 2 aliphatic carbocycles. The second kappa shape index (κ2) is 6.21. The number of hydrogen-bond donors (Lipinski definition) is 1. The first-order valence-corrected chi connectivity index (χ1v) is 7.16. The van der Waals surface area contributed by atoms with E-state index >= 15 is 0 Å². The van der Waals surface area contributed by atoms with Gasteiger partial charge < -0.3 is 10.5 Å². The first-order chi connectivity index (χ1) is 8.66. The lowest BCUT2D eigenvalue weighted by Gasteiger charge is -2.30. The van der Waals surface area contributed by atoms with Gasteiger partial charge in [0.2, 0.25) is 0 Å². The van der Waals surface area contributed by atoms with E-state index in [2.05, 4.69) is 0 Å². The average molecular weight is 253 g/mol. The van der Waals surface area contributed by atoms with Crippen molar-refractivity contribution in [2.24, 2.45) is 17.6 Å². The van der Waals surface area contributed by atoms with Gasteiger partial charge in [0.05, 0.1) is 0 Å². The molecule has 2 rings (SSSR count). The van der Waals surface area contributed by atoms with Crippen LogP contribution in [0.15, 0.2) is 0 Å². The van der Waals surface area contributed by atoms with Crippen LogP contribution in [0.4, 0.5) is 4.79 Å². The Balaban J connectivity index is 1.78. The Kier molecular flexibility index (Phi) is 4.61. The van der Waals surface area contributed by atoms with E-state index in [9.17, 15) is 9.59 Å². The minimum atomic E-state index is -0.697. The Morgan fingerprint density at radius 2 is 1.39 bits per heavy atom. The SMILES string of the molecule is NC(=O)OC1CCC(C(=O)C2CCCCC2)CC1. The van der Waals surface area contributed by atoms with E-state index in [1.165, 1.54) is 19.3 Å². The van der Waals surface area contributed by atoms with Crippen molar-refractivity contribution in [3.63, 3.8) is 0 Å². The normalized spacial score (nSPS) is 29.8. The van der Waals surface area contributed by atoms with Crippen molar-refractivity contribution in [2.75, 3.05) is 0 Å². The lowest BCUT2D eigenvalue weighted by molar-refractivity contribution is -0.129. The van der Waals surface area contributed by atoms with E-state index in [1.54, 1.807) is 0 Å². The average Bonchev–Trinajstić information content (AvgIpc) is 2.39. The zero-order chi connectivity index (χ0) is 13.0. The highest BCUT2D eigenvalue weighted by atomic mass is 16.6. The van der Waals surface area contributed by atoms with Gasteiger partial charge in [0.15, 0.2) is 0 Å². The van der Waals surface area contributed by atoms with Crippen molar-refractivity contribution in [1.82, 2.24) is 0 Å². The van der Waals surface area contributed by atoms with Crippen LogP contribution >= 0.6 is 0 Å². The number of Topliss-reactive ketones (excluding diaryl/α,β-unsaturated/α-hetero) is 1. The maximum Gasteiger partial charge on any atom is 0.404 e. The number of amides is 1. The number of nitrogens with two attached hydrogens (primary N) is 1. The summed E-state index contributed by atoms with van der Waals surface area (Å²) in [6, 6.07) is 0. The van der Waals surface area contributed by atoms with Gasteiger partial charge in [-0.15, -0.1) is 0 Å². The molecule has 0 heterocycles. The quantitative estimate of drug-likeness (QED) is 0.840. The summed E-state index contributed by atoms with van der Waals surface area (Å²) in [5, 5.41) is 0. The molecule has 102 valence electrons. The van der Waals surface area contributed by atoms with Crippen LogP contribution in [0.25, 0.3) is 0 Å². The van der Waals surface area contributed by atoms with Crippen molar-refractivity contribution in [3.05, 3.63) is 0 Å². The van der Waals surface area contributed by atoms with Crippen LogP contribution in [-0.2, 0) is 9.53 Å². The van der Waals surface area contributed by atoms with Crippen LogP contribution in [0.2, 0.25) is 0 Å². The molecule has 0 aromatic heterocycles. The fraction of sp³-hybridized carbons (Fsp3) is 0.857. The van der Waals surface area contributed by atoms with Crippen LogP contribution < -0.4 is 5.73 Å². The first kappa shape index (κ1) is 13.4. The van der Waals surface area contributed by atoms with Gasteiger partial charge in [0.25, 0.3) is 0 Å². The van der Waals surface area contributed by atoms with E-state index < -0.39 is 6.09 Å². The Hall–Kier alpha value is -1.06. The van der Waals surface area contributed by atoms with E-state index in [0.717, 1.165) is 38.5 Å². The number of ether oxygens (including phenoxy) is 1. The Labute approximate surface area is 108 Å². The van der Waals surface area contributed by atoms with Gasteiger partial charge in [-0.3, -0.25) is 4.79 Å². The van der Waals surface area contributed by atoms with Crippen molar-refractivity contribution < 1.29 is 14.3 Å². The fourth-order valence-electron chi connectivity index (χ4n) is 3.35. The summed E-state index contributed by atoms with van der Waals surface area (Å²) in [6.45, 7) is 0. The van der Waals surface area contributed by atoms with Crippen LogP contribution in [0.1, 0.15) is 57.8 Å². The largest absolute Gasteiger partial charge is 0.446 e. The molecule has 0 aromatic carbocycles. The maximum atomic E-state index is 12.3. The molecule has 2 N–H and O–H groups in total. The minimum Gasteiger partial charge on any atom is -0.446 e. The lowest BCUT2D eigenvalue weighted by Crippen LogP contribution is -2.32. The molecule has 0 spiro atoms. The first-order valence-electron chi connectivity index (χ1n) is 7.16. The Morgan fingerprint density at radius 1 is 0.833 bits per heavy atom. The molecule has 0 aliphatic heterocycles. The van der Waals surface area contributed by atoms with Gasteiger partial charge in [-0.25, -0.2) is 4.79 Å². The molecule has 0 bridgehead atoms. The highest BCUT2D eigenvalue weighted by molar-refractivity contribution is 5.83. The highest BCUT2D eigenvalue weighted by Gasteiger charge is 2.32. The maximum absolute atomic E-state index is 12.3. The zero-order valence-corrected chi connectivity index (χ0v) is 10.9. The third-order valence-corrected chi connectivity index (χ3v) is 4.37. The molecular weight excluding hydrogens is 230 g/mol. The summed E-state index contributed by atoms with van der Waals surface area (Å²) in [4.78, 5) is 23.0. The third kappa shape index (κ3) is 3.47. The standard InChI is InChI=1S/C14H23NO3/c15-14(17)18-12-8-6-11(7-9-12)13(16)10-4-2-1-3-5-10/h10-12H,1-9H2,(H2,15,17). The van der Waals surface area contributed by atoms with E-state index in [0.29, 0.717) is 11.7 Å². The summed E-state index contributed by atoms with van der Waals surface area (Å²) >= 11 is 0. The van der Waals surface area contributed by atoms with E-state index in [1.807, 2.05) is 0 Å². The van der Waals surface area contributed by atoms with Gasteiger partial charge in [0, 0.05) is 11.8 Å². The van der Waals surface area contributed by atoms with Gasteiger partial charge in [0.1, 0.15) is 11.9 Å². The molecule has 0 radical (unpaired) electrons. The molecule has 4 nitrogen and oxygen atoms in total. The molecular formula is C14H23NO3. The van der Waals surface area contributed by atoms with Crippen LogP contribution in [0.3, 0.4) is 0 Å². The number of ketones is 1. The van der Waals surface area contributed by atoms with E-state index in [4.69, 9.17) is 10.5 Å². The van der Waals surface area contributed by atoms with Crippen LogP contribution in [0.5, 0.6) is 0 Å². The second-order valence-corrected chi connectivity index (χ2v) is 5.65. The molecule has 18 heavy (non-hydrogen) atoms. The molecule has 4 heteroatoms. The predicted molar refractivity (Wildman–Crippen MR) is 68.0 cm³/mol. The van der Waals surface area contributed by atoms with Gasteiger partial charge in [-0.05, 0) is 38.5 Å². The van der Waals surface area contributed by atoms with Gasteiger partial charge in [-0.2, -0.15) is 0 Å². The predicted octanol–water partition coefficient (Wildman–Crippen LogP) is 2.79. The Morgan fingerprint density at radius 3 is 1.94 bits per heavy atom. The number of hydrogen-bond acceptors (Lipinski definition) is 3. The topological polar surface area (TPSA) is 69.4 Å². The van der Waals surface area contributed by atoms with Crippen LogP contribution in [-0.4, -0.2) is 18.0 Å². The second-order valence-electron chi connectivity index (χ2n) is 5.65. The number of carbonyl (C=O) groups excluding carboxylic acids is 2. The van der Waals surface area contributed by atoms with Crippen molar-refractivity contribution in [2.45, 2.75) is 63.9 Å². The van der Waals surface area contributed by atoms with Gasteiger partial charge >= 0.3 is 6.09 Å². The molecule has 2 saturated carbocycles. The molecule has 0 aromatic rings. The van der Waals surface area contributed by atoms with Gasteiger partial charge in [-0.1, -0.05) is 19.3 Å². The molecule has 2 fully saturated rings. The van der Waals surface area contributed by atoms with Crippen molar-refractivity contribution in [3.8, 4) is 0 Å². The monoisotopic (exact) mass is 253 g/mol. The zero-order valence-electron chi connectivity index (χ0n) is 10.9. The third-order valence-electron chi connectivity index (χ3n) is 4.37. The van der Waals surface area contributed by atoms with Crippen LogP contribution in [0, 0.1) is 11.8 Å². The highest BCUT2D eigenvalue weighted by Crippen LogP contribution is 2.33. The number of carbonyl (C=O) groups is 2. The molecule has 1 amide bonds.